The molecule has 1 aliphatic rings. The maximum absolute atomic E-state index is 5.63. The minimum absolute atomic E-state index is 0.0320. The molecule has 0 radical (unpaired) electrons. The van der Waals surface area contributed by atoms with E-state index in [4.69, 9.17) is 9.47 Å². The molecule has 0 aliphatic carbocycles. The second kappa shape index (κ2) is 7.40. The van der Waals surface area contributed by atoms with Gasteiger partial charge >= 0.3 is 6.01 Å². The standard InChI is InChI=1S/C14H25N5O2/c1-5-7-15-12-16-13(18-14(17-12)21-10(2)3)19-8-6-11(9-19)20-4/h10-11H,5-9H2,1-4H3,(H,15,16,17,18). The summed E-state index contributed by atoms with van der Waals surface area (Å²) in [4.78, 5) is 15.3. The smallest absolute Gasteiger partial charge is 0.323 e. The van der Waals surface area contributed by atoms with Crippen molar-refractivity contribution in [3.63, 3.8) is 0 Å². The Balaban J connectivity index is 2.18. The van der Waals surface area contributed by atoms with Gasteiger partial charge in [-0.05, 0) is 26.7 Å². The topological polar surface area (TPSA) is 72.4 Å². The van der Waals surface area contributed by atoms with E-state index < -0.39 is 0 Å². The lowest BCUT2D eigenvalue weighted by Gasteiger charge is -2.18. The second-order valence-corrected chi connectivity index (χ2v) is 5.43. The van der Waals surface area contributed by atoms with Crippen molar-refractivity contribution in [2.45, 2.75) is 45.8 Å². The van der Waals surface area contributed by atoms with Crippen molar-refractivity contribution in [2.24, 2.45) is 0 Å². The molecule has 1 saturated heterocycles. The number of nitrogens with zero attached hydrogens (tertiary/aromatic N) is 4. The number of rotatable bonds is 7. The zero-order valence-corrected chi connectivity index (χ0v) is 13.3. The van der Waals surface area contributed by atoms with Crippen LogP contribution in [0.15, 0.2) is 0 Å². The van der Waals surface area contributed by atoms with Gasteiger partial charge in [-0.1, -0.05) is 6.92 Å². The Hall–Kier alpha value is -1.63. The van der Waals surface area contributed by atoms with E-state index in [9.17, 15) is 0 Å². The number of aromatic nitrogens is 3. The van der Waals surface area contributed by atoms with E-state index in [2.05, 4.69) is 32.1 Å². The molecule has 0 spiro atoms. The van der Waals surface area contributed by atoms with Crippen LogP contribution in [0.5, 0.6) is 6.01 Å². The van der Waals surface area contributed by atoms with Crippen molar-refractivity contribution in [2.75, 3.05) is 37.0 Å². The van der Waals surface area contributed by atoms with Crippen LogP contribution in [-0.4, -0.2) is 53.9 Å². The van der Waals surface area contributed by atoms with Gasteiger partial charge in [-0.25, -0.2) is 0 Å². The first kappa shape index (κ1) is 15.8. The number of hydrogen-bond acceptors (Lipinski definition) is 7. The minimum Gasteiger partial charge on any atom is -0.461 e. The van der Waals surface area contributed by atoms with E-state index in [1.807, 2.05) is 13.8 Å². The van der Waals surface area contributed by atoms with Crippen LogP contribution in [0, 0.1) is 0 Å². The van der Waals surface area contributed by atoms with Crippen LogP contribution in [0.1, 0.15) is 33.6 Å². The number of ether oxygens (including phenoxy) is 2. The predicted molar refractivity (Wildman–Crippen MR) is 82.0 cm³/mol. The second-order valence-electron chi connectivity index (χ2n) is 5.43. The highest BCUT2D eigenvalue weighted by Crippen LogP contribution is 2.21. The Morgan fingerprint density at radius 2 is 2.14 bits per heavy atom. The van der Waals surface area contributed by atoms with Gasteiger partial charge in [0.25, 0.3) is 0 Å². The summed E-state index contributed by atoms with van der Waals surface area (Å²) >= 11 is 0. The van der Waals surface area contributed by atoms with E-state index in [-0.39, 0.29) is 12.2 Å². The molecule has 1 aromatic rings. The largest absolute Gasteiger partial charge is 0.461 e. The van der Waals surface area contributed by atoms with Crippen LogP contribution in [-0.2, 0) is 4.74 Å². The first-order valence-electron chi connectivity index (χ1n) is 7.56. The van der Waals surface area contributed by atoms with Crippen molar-refractivity contribution in [3.05, 3.63) is 0 Å². The normalized spacial score (nSPS) is 18.3. The van der Waals surface area contributed by atoms with Gasteiger partial charge in [0.1, 0.15) is 0 Å². The van der Waals surface area contributed by atoms with Crippen molar-refractivity contribution in [3.8, 4) is 6.01 Å². The molecule has 0 bridgehead atoms. The highest BCUT2D eigenvalue weighted by Gasteiger charge is 2.25. The Bertz CT molecular complexity index is 455. The summed E-state index contributed by atoms with van der Waals surface area (Å²) in [7, 11) is 1.74. The van der Waals surface area contributed by atoms with Crippen LogP contribution in [0.3, 0.4) is 0 Å². The van der Waals surface area contributed by atoms with Gasteiger partial charge in [0, 0.05) is 26.7 Å². The molecule has 1 fully saturated rings. The van der Waals surface area contributed by atoms with Gasteiger partial charge < -0.3 is 19.7 Å². The highest BCUT2D eigenvalue weighted by atomic mass is 16.5. The summed E-state index contributed by atoms with van der Waals surface area (Å²) in [5.74, 6) is 1.22. The zero-order chi connectivity index (χ0) is 15.2. The number of methoxy groups -OCH3 is 1. The van der Waals surface area contributed by atoms with Crippen LogP contribution >= 0.6 is 0 Å². The van der Waals surface area contributed by atoms with E-state index >= 15 is 0 Å². The summed E-state index contributed by atoms with van der Waals surface area (Å²) in [5, 5.41) is 3.20. The fourth-order valence-electron chi connectivity index (χ4n) is 2.17. The fraction of sp³-hybridized carbons (Fsp3) is 0.786. The molecule has 0 saturated carbocycles. The molecule has 1 aliphatic heterocycles. The first-order valence-corrected chi connectivity index (χ1v) is 7.56. The van der Waals surface area contributed by atoms with Gasteiger partial charge in [0.15, 0.2) is 0 Å². The summed E-state index contributed by atoms with van der Waals surface area (Å²) in [6, 6.07) is 0.370. The summed E-state index contributed by atoms with van der Waals surface area (Å²) in [6.45, 7) is 8.53. The van der Waals surface area contributed by atoms with Crippen LogP contribution < -0.4 is 15.0 Å². The minimum atomic E-state index is 0.0320. The Morgan fingerprint density at radius 1 is 1.33 bits per heavy atom. The molecule has 7 heteroatoms. The first-order chi connectivity index (χ1) is 10.1. The Kier molecular flexibility index (Phi) is 5.55. The lowest BCUT2D eigenvalue weighted by Crippen LogP contribution is -2.25. The monoisotopic (exact) mass is 295 g/mol. The average Bonchev–Trinajstić information content (AvgIpc) is 2.93. The Morgan fingerprint density at radius 3 is 2.76 bits per heavy atom. The van der Waals surface area contributed by atoms with Gasteiger partial charge in [0.2, 0.25) is 11.9 Å². The lowest BCUT2D eigenvalue weighted by atomic mass is 10.3. The van der Waals surface area contributed by atoms with Crippen molar-refractivity contribution in [1.82, 2.24) is 15.0 Å². The maximum Gasteiger partial charge on any atom is 0.323 e. The fourth-order valence-corrected chi connectivity index (χ4v) is 2.17. The van der Waals surface area contributed by atoms with Crippen LogP contribution in [0.25, 0.3) is 0 Å². The third-order valence-corrected chi connectivity index (χ3v) is 3.24. The average molecular weight is 295 g/mol. The molecule has 0 aromatic carbocycles. The van der Waals surface area contributed by atoms with Gasteiger partial charge in [0.05, 0.1) is 12.2 Å². The van der Waals surface area contributed by atoms with Crippen molar-refractivity contribution < 1.29 is 9.47 Å². The summed E-state index contributed by atoms with van der Waals surface area (Å²) < 4.78 is 11.0. The van der Waals surface area contributed by atoms with E-state index in [1.54, 1.807) is 7.11 Å². The molecule has 21 heavy (non-hydrogen) atoms. The zero-order valence-electron chi connectivity index (χ0n) is 13.3. The molecule has 7 nitrogen and oxygen atoms in total. The molecule has 1 unspecified atom stereocenters. The number of hydrogen-bond donors (Lipinski definition) is 1. The van der Waals surface area contributed by atoms with E-state index in [0.717, 1.165) is 32.5 Å². The molecule has 0 amide bonds. The molecule has 2 rings (SSSR count). The maximum atomic E-state index is 5.63. The van der Waals surface area contributed by atoms with Crippen LogP contribution in [0.2, 0.25) is 0 Å². The van der Waals surface area contributed by atoms with E-state index in [1.165, 1.54) is 0 Å². The van der Waals surface area contributed by atoms with Gasteiger partial charge in [-0.2, -0.15) is 15.0 Å². The molecular weight excluding hydrogens is 270 g/mol. The quantitative estimate of drug-likeness (QED) is 0.821. The predicted octanol–water partition coefficient (Wildman–Crippen LogP) is 1.71. The number of anilines is 2. The van der Waals surface area contributed by atoms with Crippen LogP contribution in [0.4, 0.5) is 11.9 Å². The molecule has 1 aromatic heterocycles. The van der Waals surface area contributed by atoms with Crippen molar-refractivity contribution >= 4 is 11.9 Å². The molecule has 2 heterocycles. The van der Waals surface area contributed by atoms with Crippen molar-refractivity contribution in [1.29, 1.82) is 0 Å². The Labute approximate surface area is 126 Å². The molecule has 118 valence electrons. The third kappa shape index (κ3) is 4.42. The molecule has 1 N–H and O–H groups in total. The lowest BCUT2D eigenvalue weighted by molar-refractivity contribution is 0.121. The van der Waals surface area contributed by atoms with Gasteiger partial charge in [-0.15, -0.1) is 0 Å². The summed E-state index contributed by atoms with van der Waals surface area (Å²) in [6.07, 6.45) is 2.27. The van der Waals surface area contributed by atoms with Gasteiger partial charge in [-0.3, -0.25) is 0 Å². The highest BCUT2D eigenvalue weighted by molar-refractivity contribution is 5.39. The summed E-state index contributed by atoms with van der Waals surface area (Å²) in [5.41, 5.74) is 0. The molecular formula is C14H25N5O2. The molecule has 1 atom stereocenters. The third-order valence-electron chi connectivity index (χ3n) is 3.24. The number of nitrogens with one attached hydrogen (secondary N) is 1. The SMILES string of the molecule is CCCNc1nc(OC(C)C)nc(N2CCC(OC)C2)n1. The van der Waals surface area contributed by atoms with E-state index in [0.29, 0.717) is 17.9 Å².